The number of para-hydroxylation sites is 1. The summed E-state index contributed by atoms with van der Waals surface area (Å²) in [6, 6.07) is 22.1. The van der Waals surface area contributed by atoms with E-state index < -0.39 is 0 Å². The molecule has 0 aliphatic heterocycles. The van der Waals surface area contributed by atoms with Crippen molar-refractivity contribution in [3.05, 3.63) is 66.7 Å². The van der Waals surface area contributed by atoms with Crippen LogP contribution in [0.1, 0.15) is 6.92 Å². The second-order valence-electron chi connectivity index (χ2n) is 7.92. The smallest absolute Gasteiger partial charge is 0.234 e. The van der Waals surface area contributed by atoms with Gasteiger partial charge in [0.15, 0.2) is 11.0 Å². The monoisotopic (exact) mass is 471 g/mol. The van der Waals surface area contributed by atoms with E-state index in [9.17, 15) is 4.79 Å². The van der Waals surface area contributed by atoms with Gasteiger partial charge in [0.1, 0.15) is 5.75 Å². The van der Waals surface area contributed by atoms with Gasteiger partial charge in [0.05, 0.1) is 12.9 Å². The predicted octanol–water partition coefficient (Wildman–Crippen LogP) is 5.35. The molecule has 3 aromatic carbocycles. The number of hydrogen-bond acceptors (Lipinski definition) is 5. The Morgan fingerprint density at radius 2 is 1.76 bits per heavy atom. The average Bonchev–Trinajstić information content (AvgIpc) is 3.39. The number of carbonyl (C=O) groups excluding carboxylic acids is 1. The molecule has 0 atom stereocenters. The molecule has 0 aliphatic carbocycles. The Morgan fingerprint density at radius 3 is 2.53 bits per heavy atom. The molecule has 1 N–H and O–H groups in total. The molecule has 5 aromatic rings. The van der Waals surface area contributed by atoms with Crippen molar-refractivity contribution in [2.75, 3.05) is 18.2 Å². The maximum Gasteiger partial charge on any atom is 0.234 e. The zero-order chi connectivity index (χ0) is 23.7. The van der Waals surface area contributed by atoms with Gasteiger partial charge in [-0.25, -0.2) is 0 Å². The lowest BCUT2D eigenvalue weighted by molar-refractivity contribution is -0.113. The van der Waals surface area contributed by atoms with Crippen molar-refractivity contribution < 1.29 is 9.53 Å². The highest BCUT2D eigenvalue weighted by Crippen LogP contribution is 2.31. The van der Waals surface area contributed by atoms with Gasteiger partial charge in [-0.2, -0.15) is 0 Å². The lowest BCUT2D eigenvalue weighted by atomic mass is 10.1. The number of methoxy groups -OCH3 is 1. The molecule has 2 heterocycles. The fourth-order valence-corrected chi connectivity index (χ4v) is 4.94. The van der Waals surface area contributed by atoms with Crippen LogP contribution in [0.4, 0.5) is 5.69 Å². The van der Waals surface area contributed by atoms with Gasteiger partial charge in [0.2, 0.25) is 5.91 Å². The van der Waals surface area contributed by atoms with Crippen LogP contribution in [0.3, 0.4) is 0 Å². The molecule has 0 bridgehead atoms. The lowest BCUT2D eigenvalue weighted by Crippen LogP contribution is -2.14. The highest BCUT2D eigenvalue weighted by molar-refractivity contribution is 7.99. The van der Waals surface area contributed by atoms with Gasteiger partial charge >= 0.3 is 0 Å². The van der Waals surface area contributed by atoms with Crippen LogP contribution in [0.15, 0.2) is 71.9 Å². The van der Waals surface area contributed by atoms with Gasteiger partial charge in [-0.05, 0) is 55.5 Å². The van der Waals surface area contributed by atoms with Crippen molar-refractivity contribution in [2.45, 2.75) is 18.6 Å². The molecule has 172 valence electrons. The molecule has 34 heavy (non-hydrogen) atoms. The number of anilines is 1. The fraction of sp³-hybridized carbons (Fsp3) is 0.192. The van der Waals surface area contributed by atoms with E-state index >= 15 is 0 Å². The first kappa shape index (κ1) is 22.0. The van der Waals surface area contributed by atoms with Crippen LogP contribution < -0.4 is 10.1 Å². The fourth-order valence-electron chi connectivity index (χ4n) is 4.23. The van der Waals surface area contributed by atoms with Gasteiger partial charge in [-0.1, -0.05) is 30.0 Å². The van der Waals surface area contributed by atoms with Gasteiger partial charge in [-0.15, -0.1) is 10.2 Å². The molecule has 7 nitrogen and oxygen atoms in total. The third kappa shape index (κ3) is 4.01. The van der Waals surface area contributed by atoms with Crippen molar-refractivity contribution in [1.29, 1.82) is 0 Å². The first-order valence-corrected chi connectivity index (χ1v) is 12.0. The minimum absolute atomic E-state index is 0.0856. The summed E-state index contributed by atoms with van der Waals surface area (Å²) in [4.78, 5) is 12.7. The number of ether oxygens (including phenoxy) is 1. The standard InChI is InChI=1S/C26H25N5O2S/c1-4-31-22-8-6-5-7-20(22)21-15-18(11-14-23(21)31)27-24(32)16-34-26-29-28-25(30(26)2)17-9-12-19(33-3)13-10-17/h5-15H,4,16H2,1-3H3,(H,27,32). The Kier molecular flexibility index (Phi) is 5.98. The topological polar surface area (TPSA) is 74.0 Å². The molecule has 5 rings (SSSR count). The lowest BCUT2D eigenvalue weighted by Gasteiger charge is -2.07. The SMILES string of the molecule is CCn1c2ccccc2c2cc(NC(=O)CSc3nnc(-c4ccc(OC)cc4)n3C)ccc21. The van der Waals surface area contributed by atoms with Crippen LogP contribution in [0.25, 0.3) is 33.2 Å². The molecule has 0 fully saturated rings. The molecule has 0 aliphatic rings. The molecule has 8 heteroatoms. The summed E-state index contributed by atoms with van der Waals surface area (Å²) in [5.74, 6) is 1.68. The number of aryl methyl sites for hydroxylation is 1. The number of nitrogens with one attached hydrogen (secondary N) is 1. The number of nitrogens with zero attached hydrogens (tertiary/aromatic N) is 4. The quantitative estimate of drug-likeness (QED) is 0.324. The minimum atomic E-state index is -0.0856. The normalized spacial score (nSPS) is 11.3. The number of hydrogen-bond donors (Lipinski definition) is 1. The van der Waals surface area contributed by atoms with Crippen molar-refractivity contribution >= 4 is 45.2 Å². The van der Waals surface area contributed by atoms with Crippen molar-refractivity contribution in [2.24, 2.45) is 7.05 Å². The zero-order valence-corrected chi connectivity index (χ0v) is 20.1. The van der Waals surface area contributed by atoms with Gasteiger partial charge < -0.3 is 19.2 Å². The third-order valence-corrected chi connectivity index (χ3v) is 6.91. The summed E-state index contributed by atoms with van der Waals surface area (Å²) in [6.45, 7) is 3.04. The van der Waals surface area contributed by atoms with Gasteiger partial charge in [0.25, 0.3) is 0 Å². The Labute approximate surface area is 201 Å². The Hall–Kier alpha value is -3.78. The van der Waals surface area contributed by atoms with E-state index in [-0.39, 0.29) is 11.7 Å². The molecule has 2 aromatic heterocycles. The zero-order valence-electron chi connectivity index (χ0n) is 19.3. The van der Waals surface area contributed by atoms with E-state index in [1.165, 1.54) is 28.2 Å². The molecule has 0 spiro atoms. The summed E-state index contributed by atoms with van der Waals surface area (Å²) in [6.07, 6.45) is 0. The van der Waals surface area contributed by atoms with E-state index in [1.807, 2.05) is 48.0 Å². The molecule has 1 amide bonds. The molecule has 0 unspecified atom stereocenters. The summed E-state index contributed by atoms with van der Waals surface area (Å²) in [5, 5.41) is 14.6. The maximum atomic E-state index is 12.7. The minimum Gasteiger partial charge on any atom is -0.497 e. The van der Waals surface area contributed by atoms with Crippen LogP contribution in [-0.2, 0) is 18.4 Å². The Bertz CT molecular complexity index is 1490. The molecular weight excluding hydrogens is 446 g/mol. The number of benzene rings is 3. The second-order valence-corrected chi connectivity index (χ2v) is 8.87. The maximum absolute atomic E-state index is 12.7. The summed E-state index contributed by atoms with van der Waals surface area (Å²) in [7, 11) is 3.54. The highest BCUT2D eigenvalue weighted by atomic mass is 32.2. The van der Waals surface area contributed by atoms with Gasteiger partial charge in [-0.3, -0.25) is 4.79 Å². The van der Waals surface area contributed by atoms with Crippen molar-refractivity contribution in [1.82, 2.24) is 19.3 Å². The average molecular weight is 472 g/mol. The van der Waals surface area contributed by atoms with E-state index in [0.29, 0.717) is 5.16 Å². The number of thioether (sulfide) groups is 1. The van der Waals surface area contributed by atoms with Crippen molar-refractivity contribution in [3.63, 3.8) is 0 Å². The van der Waals surface area contributed by atoms with Crippen LogP contribution in [0.5, 0.6) is 5.75 Å². The van der Waals surface area contributed by atoms with Gasteiger partial charge in [0, 0.05) is 46.6 Å². The van der Waals surface area contributed by atoms with Crippen LogP contribution in [0.2, 0.25) is 0 Å². The molecular formula is C26H25N5O2S. The number of aromatic nitrogens is 4. The van der Waals surface area contributed by atoms with Crippen LogP contribution >= 0.6 is 11.8 Å². The third-order valence-electron chi connectivity index (χ3n) is 5.89. The Balaban J connectivity index is 1.29. The molecule has 0 radical (unpaired) electrons. The number of rotatable bonds is 7. The first-order valence-electron chi connectivity index (χ1n) is 11.1. The highest BCUT2D eigenvalue weighted by Gasteiger charge is 2.14. The van der Waals surface area contributed by atoms with E-state index in [4.69, 9.17) is 4.74 Å². The summed E-state index contributed by atoms with van der Waals surface area (Å²) >= 11 is 1.36. The van der Waals surface area contributed by atoms with E-state index in [2.05, 4.69) is 57.3 Å². The second kappa shape index (κ2) is 9.23. The number of fused-ring (bicyclic) bond motifs is 3. The molecule has 0 saturated carbocycles. The Morgan fingerprint density at radius 1 is 1.00 bits per heavy atom. The molecule has 0 saturated heterocycles. The number of amides is 1. The van der Waals surface area contributed by atoms with E-state index in [1.54, 1.807) is 7.11 Å². The first-order chi connectivity index (χ1) is 16.6. The summed E-state index contributed by atoms with van der Waals surface area (Å²) < 4.78 is 9.40. The summed E-state index contributed by atoms with van der Waals surface area (Å²) in [5.41, 5.74) is 4.09. The van der Waals surface area contributed by atoms with E-state index in [0.717, 1.165) is 34.8 Å². The van der Waals surface area contributed by atoms with Crippen LogP contribution in [-0.4, -0.2) is 38.1 Å². The number of carbonyl (C=O) groups is 1. The largest absolute Gasteiger partial charge is 0.497 e. The predicted molar refractivity (Wildman–Crippen MR) is 137 cm³/mol. The van der Waals surface area contributed by atoms with Crippen LogP contribution in [0, 0.1) is 0 Å². The van der Waals surface area contributed by atoms with Crippen molar-refractivity contribution in [3.8, 4) is 17.1 Å².